The predicted molar refractivity (Wildman–Crippen MR) is 121 cm³/mol. The number of nitrogens with zero attached hydrogens (tertiary/aromatic N) is 2. The average Bonchev–Trinajstić information content (AvgIpc) is 3.29. The van der Waals surface area contributed by atoms with Crippen LogP contribution in [0.25, 0.3) is 21.8 Å². The molecular weight excluding hydrogens is 364 g/mol. The van der Waals surface area contributed by atoms with Crippen LogP contribution >= 0.6 is 11.9 Å². The molecule has 0 amide bonds. The van der Waals surface area contributed by atoms with Crippen LogP contribution in [0.4, 0.5) is 0 Å². The maximum Gasteiger partial charge on any atom is 0.0497 e. The summed E-state index contributed by atoms with van der Waals surface area (Å²) in [6.07, 6.45) is 4.32. The highest BCUT2D eigenvalue weighted by atomic mass is 32.2. The fraction of sp³-hybridized carbons (Fsp3) is 0.304. The SMILES string of the molecule is CC(C)n1cc(C(CNSc2ccc3cc[nH]c3c2)N(C)C)c2ccccc21. The van der Waals surface area contributed by atoms with Gasteiger partial charge in [0.25, 0.3) is 0 Å². The van der Waals surface area contributed by atoms with Gasteiger partial charge in [0.2, 0.25) is 0 Å². The second kappa shape index (κ2) is 8.03. The molecule has 0 aliphatic rings. The minimum Gasteiger partial charge on any atom is -0.361 e. The maximum absolute atomic E-state index is 3.59. The Labute approximate surface area is 171 Å². The van der Waals surface area contributed by atoms with Crippen molar-refractivity contribution in [2.24, 2.45) is 0 Å². The molecule has 146 valence electrons. The summed E-state index contributed by atoms with van der Waals surface area (Å²) in [6, 6.07) is 18.1. The molecule has 1 atom stereocenters. The van der Waals surface area contributed by atoms with E-state index < -0.39 is 0 Å². The highest BCUT2D eigenvalue weighted by Crippen LogP contribution is 2.31. The van der Waals surface area contributed by atoms with Crippen molar-refractivity contribution < 1.29 is 0 Å². The lowest BCUT2D eigenvalue weighted by Gasteiger charge is -2.24. The Balaban J connectivity index is 1.55. The molecule has 4 nitrogen and oxygen atoms in total. The number of fused-ring (bicyclic) bond motifs is 2. The fourth-order valence-electron chi connectivity index (χ4n) is 3.79. The second-order valence-electron chi connectivity index (χ2n) is 7.76. The topological polar surface area (TPSA) is 36.0 Å². The van der Waals surface area contributed by atoms with Gasteiger partial charge in [-0.25, -0.2) is 0 Å². The highest BCUT2D eigenvalue weighted by molar-refractivity contribution is 7.97. The van der Waals surface area contributed by atoms with Crippen LogP contribution in [0, 0.1) is 0 Å². The lowest BCUT2D eigenvalue weighted by molar-refractivity contribution is 0.302. The van der Waals surface area contributed by atoms with Crippen molar-refractivity contribution in [2.75, 3.05) is 20.6 Å². The van der Waals surface area contributed by atoms with Gasteiger partial charge in [0.15, 0.2) is 0 Å². The summed E-state index contributed by atoms with van der Waals surface area (Å²) in [7, 11) is 4.31. The van der Waals surface area contributed by atoms with Crippen LogP contribution in [0.3, 0.4) is 0 Å². The summed E-state index contributed by atoms with van der Waals surface area (Å²) < 4.78 is 5.98. The molecule has 0 saturated heterocycles. The number of aromatic amines is 1. The van der Waals surface area contributed by atoms with Crippen molar-refractivity contribution in [3.63, 3.8) is 0 Å². The zero-order valence-electron chi connectivity index (χ0n) is 16.9. The van der Waals surface area contributed by atoms with E-state index in [2.05, 4.69) is 102 Å². The average molecular weight is 393 g/mol. The molecule has 2 aromatic heterocycles. The Hall–Kier alpha value is -2.21. The van der Waals surface area contributed by atoms with Crippen molar-refractivity contribution in [1.29, 1.82) is 0 Å². The third-order valence-electron chi connectivity index (χ3n) is 5.30. The lowest BCUT2D eigenvalue weighted by atomic mass is 10.1. The van der Waals surface area contributed by atoms with E-state index >= 15 is 0 Å². The molecule has 2 aromatic carbocycles. The van der Waals surface area contributed by atoms with Crippen LogP contribution < -0.4 is 4.72 Å². The molecule has 0 fully saturated rings. The van der Waals surface area contributed by atoms with E-state index in [0.717, 1.165) is 6.54 Å². The van der Waals surface area contributed by atoms with Crippen molar-refractivity contribution in [3.05, 3.63) is 66.5 Å². The van der Waals surface area contributed by atoms with E-state index in [-0.39, 0.29) is 0 Å². The van der Waals surface area contributed by atoms with E-state index in [1.165, 1.54) is 32.3 Å². The molecule has 4 rings (SSSR count). The summed E-state index contributed by atoms with van der Waals surface area (Å²) in [6.45, 7) is 5.35. The van der Waals surface area contributed by atoms with E-state index in [1.54, 1.807) is 11.9 Å². The minimum absolute atomic E-state index is 0.298. The Morgan fingerprint density at radius 3 is 2.71 bits per heavy atom. The third-order valence-corrected chi connectivity index (χ3v) is 6.10. The van der Waals surface area contributed by atoms with Gasteiger partial charge >= 0.3 is 0 Å². The van der Waals surface area contributed by atoms with Crippen molar-refractivity contribution in [1.82, 2.24) is 19.2 Å². The first-order chi connectivity index (χ1) is 13.5. The van der Waals surface area contributed by atoms with Gasteiger partial charge in [0.1, 0.15) is 0 Å². The van der Waals surface area contributed by atoms with Crippen LogP contribution in [0.5, 0.6) is 0 Å². The van der Waals surface area contributed by atoms with Gasteiger partial charge in [-0.2, -0.15) is 0 Å². The van der Waals surface area contributed by atoms with Crippen LogP contribution in [0.2, 0.25) is 0 Å². The standard InChI is InChI=1S/C23H28N4S/c1-16(2)27-15-20(19-7-5-6-8-22(19)27)23(26(3)4)14-25-28-18-10-9-17-11-12-24-21(17)13-18/h5-13,15-16,23-25H,14H2,1-4H3. The van der Waals surface area contributed by atoms with Crippen molar-refractivity contribution in [2.45, 2.75) is 30.8 Å². The Morgan fingerprint density at radius 2 is 1.93 bits per heavy atom. The van der Waals surface area contributed by atoms with Crippen LogP contribution in [-0.2, 0) is 0 Å². The molecule has 0 aliphatic carbocycles. The molecule has 0 bridgehead atoms. The summed E-state index contributed by atoms with van der Waals surface area (Å²) in [5.41, 5.74) is 3.86. The fourth-order valence-corrected chi connectivity index (χ4v) is 4.51. The Kier molecular flexibility index (Phi) is 5.49. The largest absolute Gasteiger partial charge is 0.361 e. The monoisotopic (exact) mass is 392 g/mol. The van der Waals surface area contributed by atoms with E-state index in [9.17, 15) is 0 Å². The number of aromatic nitrogens is 2. The number of rotatable bonds is 7. The zero-order chi connectivity index (χ0) is 19.7. The number of hydrogen-bond donors (Lipinski definition) is 2. The van der Waals surface area contributed by atoms with Gasteiger partial charge < -0.3 is 14.5 Å². The lowest BCUT2D eigenvalue weighted by Crippen LogP contribution is -2.28. The number of likely N-dealkylation sites (N-methyl/N-ethyl adjacent to an activating group) is 1. The molecule has 0 radical (unpaired) electrons. The molecule has 5 heteroatoms. The number of benzene rings is 2. The van der Waals surface area contributed by atoms with Gasteiger partial charge in [0, 0.05) is 52.3 Å². The number of nitrogens with one attached hydrogen (secondary N) is 2. The van der Waals surface area contributed by atoms with Gasteiger partial charge in [0.05, 0.1) is 0 Å². The van der Waals surface area contributed by atoms with Gasteiger partial charge in [-0.15, -0.1) is 0 Å². The van der Waals surface area contributed by atoms with E-state index in [1.807, 2.05) is 6.20 Å². The van der Waals surface area contributed by atoms with E-state index in [0.29, 0.717) is 12.1 Å². The number of hydrogen-bond acceptors (Lipinski definition) is 3. The Bertz CT molecular complexity index is 1080. The molecule has 2 heterocycles. The maximum atomic E-state index is 3.59. The third kappa shape index (κ3) is 3.70. The first kappa shape index (κ1) is 19.1. The molecule has 0 saturated carbocycles. The van der Waals surface area contributed by atoms with Crippen LogP contribution in [0.15, 0.2) is 65.8 Å². The molecule has 2 N–H and O–H groups in total. The summed E-state index contributed by atoms with van der Waals surface area (Å²) in [5, 5.41) is 2.59. The predicted octanol–water partition coefficient (Wildman–Crippen LogP) is 5.60. The minimum atomic E-state index is 0.298. The number of H-pyrrole nitrogens is 1. The van der Waals surface area contributed by atoms with Gasteiger partial charge in [-0.1, -0.05) is 24.3 Å². The highest BCUT2D eigenvalue weighted by Gasteiger charge is 2.20. The van der Waals surface area contributed by atoms with Crippen LogP contribution in [0.1, 0.15) is 31.5 Å². The zero-order valence-corrected chi connectivity index (χ0v) is 17.8. The molecular formula is C23H28N4S. The van der Waals surface area contributed by atoms with Crippen molar-refractivity contribution in [3.8, 4) is 0 Å². The first-order valence-corrected chi connectivity index (χ1v) is 10.6. The Morgan fingerprint density at radius 1 is 1.11 bits per heavy atom. The molecule has 4 aromatic rings. The quantitative estimate of drug-likeness (QED) is 0.402. The number of para-hydroxylation sites is 1. The van der Waals surface area contributed by atoms with Gasteiger partial charge in [-0.05, 0) is 75.1 Å². The first-order valence-electron chi connectivity index (χ1n) is 9.77. The normalized spacial score (nSPS) is 13.2. The summed E-state index contributed by atoms with van der Waals surface area (Å²) in [4.78, 5) is 6.80. The van der Waals surface area contributed by atoms with E-state index in [4.69, 9.17) is 0 Å². The van der Waals surface area contributed by atoms with Gasteiger partial charge in [-0.3, -0.25) is 4.72 Å². The molecule has 0 aliphatic heterocycles. The summed E-state index contributed by atoms with van der Waals surface area (Å²) >= 11 is 1.69. The molecule has 1 unspecified atom stereocenters. The molecule has 0 spiro atoms. The van der Waals surface area contributed by atoms with Crippen LogP contribution in [-0.4, -0.2) is 35.1 Å². The second-order valence-corrected chi connectivity index (χ2v) is 8.72. The molecule has 28 heavy (non-hydrogen) atoms. The van der Waals surface area contributed by atoms with Crippen molar-refractivity contribution >= 4 is 33.8 Å². The smallest absolute Gasteiger partial charge is 0.0497 e. The summed E-state index contributed by atoms with van der Waals surface area (Å²) in [5.74, 6) is 0.